The summed E-state index contributed by atoms with van der Waals surface area (Å²) in [5.41, 5.74) is 6.45. The van der Waals surface area contributed by atoms with Crippen LogP contribution in [0.15, 0.2) is 0 Å². The van der Waals surface area contributed by atoms with E-state index in [9.17, 15) is 0 Å². The minimum Gasteiger partial charge on any atom is -0.677 e. The van der Waals surface area contributed by atoms with Crippen molar-refractivity contribution in [2.24, 2.45) is 0 Å². The van der Waals surface area contributed by atoms with E-state index in [0.29, 0.717) is 6.54 Å². The predicted octanol–water partition coefficient (Wildman–Crippen LogP) is 2.30. The number of nitrogens with one attached hydrogen (secondary N) is 1. The Labute approximate surface area is 69.2 Å². The van der Waals surface area contributed by atoms with E-state index in [1.807, 2.05) is 27.2 Å². The quantitative estimate of drug-likeness (QED) is 0.379. The van der Waals surface area contributed by atoms with Crippen molar-refractivity contribution in [2.45, 2.75) is 27.2 Å². The minimum atomic E-state index is 0. The molecule has 0 unspecified atom stereocenters. The first-order valence-electron chi connectivity index (χ1n) is 2.72. The smallest absolute Gasteiger partial charge is 0.677 e. The third-order valence-corrected chi connectivity index (χ3v) is 0.250. The van der Waals surface area contributed by atoms with Crippen molar-refractivity contribution in [3.63, 3.8) is 0 Å². The molecule has 0 fully saturated rings. The molecular formula is C6H15MgN. The molecule has 0 aliphatic rings. The van der Waals surface area contributed by atoms with Crippen molar-refractivity contribution >= 4 is 23.1 Å². The molecule has 0 aliphatic heterocycles. The summed E-state index contributed by atoms with van der Waals surface area (Å²) in [5.74, 6) is 0. The molecule has 0 rings (SSSR count). The van der Waals surface area contributed by atoms with Gasteiger partial charge in [-0.05, 0) is 0 Å². The van der Waals surface area contributed by atoms with Gasteiger partial charge >= 0.3 is 23.1 Å². The van der Waals surface area contributed by atoms with E-state index in [1.54, 1.807) is 0 Å². The van der Waals surface area contributed by atoms with Crippen molar-refractivity contribution in [1.82, 2.24) is 0 Å². The molecule has 0 heterocycles. The fraction of sp³-hybridized carbons (Fsp3) is 0.833. The monoisotopic (exact) mass is 125 g/mol. The molecule has 0 atom stereocenters. The molecule has 2 heteroatoms. The second-order valence-corrected chi connectivity index (χ2v) is 1.33. The Kier molecular flexibility index (Phi) is 50.0. The minimum absolute atomic E-state index is 0. The normalized spacial score (nSPS) is 6.00. The Morgan fingerprint density at radius 1 is 1.38 bits per heavy atom. The Hall–Kier alpha value is 0.726. The molecule has 1 N–H and O–H groups in total. The number of hydrogen-bond donors (Lipinski definition) is 0. The molecule has 1 nitrogen and oxygen atoms in total. The third-order valence-electron chi connectivity index (χ3n) is 0.250. The zero-order valence-electron chi connectivity index (χ0n) is 6.20. The van der Waals surface area contributed by atoms with Crippen LogP contribution in [0, 0.1) is 6.42 Å². The average Bonchev–Trinajstić information content (AvgIpc) is 1.69. The third kappa shape index (κ3) is 74.0. The van der Waals surface area contributed by atoms with E-state index in [4.69, 9.17) is 5.73 Å². The van der Waals surface area contributed by atoms with Crippen LogP contribution in [0.4, 0.5) is 0 Å². The van der Waals surface area contributed by atoms with Gasteiger partial charge in [0.15, 0.2) is 0 Å². The standard InChI is InChI=1S/C3H8N.C3H7.Mg/c1-2-3-4;1-3-2;/h4H,2-3H2,1H3;3H,1-2H3;/q2*-1;+2. The van der Waals surface area contributed by atoms with Crippen LogP contribution < -0.4 is 0 Å². The Bertz CT molecular complexity index is 16.0. The van der Waals surface area contributed by atoms with Crippen molar-refractivity contribution in [3.8, 4) is 0 Å². The molecule has 0 aromatic carbocycles. The van der Waals surface area contributed by atoms with Gasteiger partial charge in [-0.15, -0.1) is 0 Å². The molecular weight excluding hydrogens is 110 g/mol. The zero-order valence-corrected chi connectivity index (χ0v) is 7.61. The zero-order chi connectivity index (χ0) is 6.12. The Morgan fingerprint density at radius 2 is 1.50 bits per heavy atom. The molecule has 0 bridgehead atoms. The Balaban J connectivity index is -0.0000000575. The van der Waals surface area contributed by atoms with E-state index in [1.165, 1.54) is 0 Å². The van der Waals surface area contributed by atoms with Crippen LogP contribution >= 0.6 is 0 Å². The summed E-state index contributed by atoms with van der Waals surface area (Å²) in [6.45, 7) is 6.56. The van der Waals surface area contributed by atoms with Gasteiger partial charge in [-0.3, -0.25) is 0 Å². The molecule has 0 spiro atoms. The summed E-state index contributed by atoms with van der Waals surface area (Å²) in [5, 5.41) is 0. The van der Waals surface area contributed by atoms with E-state index in [2.05, 4.69) is 0 Å². The fourth-order valence-corrected chi connectivity index (χ4v) is 0. The molecule has 0 aromatic rings. The van der Waals surface area contributed by atoms with Crippen molar-refractivity contribution < 1.29 is 0 Å². The van der Waals surface area contributed by atoms with Crippen LogP contribution in [0.5, 0.6) is 0 Å². The molecule has 46 valence electrons. The van der Waals surface area contributed by atoms with Crippen LogP contribution in [0.1, 0.15) is 27.2 Å². The van der Waals surface area contributed by atoms with Gasteiger partial charge in [-0.25, -0.2) is 0 Å². The fourth-order valence-electron chi connectivity index (χ4n) is 0. The Morgan fingerprint density at radius 3 is 1.50 bits per heavy atom. The van der Waals surface area contributed by atoms with E-state index < -0.39 is 0 Å². The van der Waals surface area contributed by atoms with Gasteiger partial charge in [-0.2, -0.15) is 20.4 Å². The van der Waals surface area contributed by atoms with Gasteiger partial charge < -0.3 is 12.2 Å². The molecule has 0 saturated carbocycles. The first-order valence-corrected chi connectivity index (χ1v) is 2.72. The summed E-state index contributed by atoms with van der Waals surface area (Å²) >= 11 is 0. The van der Waals surface area contributed by atoms with E-state index in [0.717, 1.165) is 6.42 Å². The molecule has 8 heavy (non-hydrogen) atoms. The first kappa shape index (κ1) is 15.9. The first-order chi connectivity index (χ1) is 3.33. The maximum absolute atomic E-state index is 6.45. The van der Waals surface area contributed by atoms with Crippen molar-refractivity contribution in [2.75, 3.05) is 6.54 Å². The van der Waals surface area contributed by atoms with Crippen LogP contribution in [-0.2, 0) is 0 Å². The summed E-state index contributed by atoms with van der Waals surface area (Å²) in [4.78, 5) is 0. The summed E-state index contributed by atoms with van der Waals surface area (Å²) in [7, 11) is 0. The number of rotatable bonds is 1. The van der Waals surface area contributed by atoms with E-state index in [-0.39, 0.29) is 23.1 Å². The number of hydrogen-bond acceptors (Lipinski definition) is 0. The molecule has 0 aliphatic carbocycles. The molecule has 0 aromatic heterocycles. The molecule has 0 saturated heterocycles. The summed E-state index contributed by atoms with van der Waals surface area (Å²) in [6, 6.07) is 0. The molecule has 0 radical (unpaired) electrons. The van der Waals surface area contributed by atoms with Gasteiger partial charge in [0.25, 0.3) is 0 Å². The van der Waals surface area contributed by atoms with Crippen LogP contribution in [0.25, 0.3) is 5.73 Å². The van der Waals surface area contributed by atoms with Gasteiger partial charge in [0.05, 0.1) is 0 Å². The van der Waals surface area contributed by atoms with Gasteiger partial charge in [-0.1, -0.05) is 13.3 Å². The van der Waals surface area contributed by atoms with E-state index >= 15 is 0 Å². The molecule has 0 amide bonds. The SMILES string of the molecule is CCC[NH-].C[CH-]C.[Mg+2]. The maximum Gasteiger partial charge on any atom is 2.00 e. The summed E-state index contributed by atoms with van der Waals surface area (Å²) < 4.78 is 0. The van der Waals surface area contributed by atoms with Crippen LogP contribution in [-0.4, -0.2) is 29.6 Å². The van der Waals surface area contributed by atoms with Gasteiger partial charge in [0.2, 0.25) is 0 Å². The van der Waals surface area contributed by atoms with Crippen molar-refractivity contribution in [1.29, 1.82) is 0 Å². The van der Waals surface area contributed by atoms with Gasteiger partial charge in [0, 0.05) is 0 Å². The largest absolute Gasteiger partial charge is 2.00 e. The van der Waals surface area contributed by atoms with Crippen molar-refractivity contribution in [3.05, 3.63) is 12.2 Å². The van der Waals surface area contributed by atoms with Crippen LogP contribution in [0.3, 0.4) is 0 Å². The van der Waals surface area contributed by atoms with Crippen LogP contribution in [0.2, 0.25) is 0 Å². The van der Waals surface area contributed by atoms with Gasteiger partial charge in [0.1, 0.15) is 0 Å². The topological polar surface area (TPSA) is 23.8 Å². The average molecular weight is 125 g/mol. The second-order valence-electron chi connectivity index (χ2n) is 1.33. The second kappa shape index (κ2) is 25.2. The summed E-state index contributed by atoms with van der Waals surface area (Å²) in [6.07, 6.45) is 2.99. The maximum atomic E-state index is 6.45. The predicted molar refractivity (Wildman–Crippen MR) is 40.9 cm³/mol.